The molecule has 2 atom stereocenters. The molecule has 1 fully saturated rings. The number of benzene rings is 2. The largest absolute Gasteiger partial charge is 0.497 e. The van der Waals surface area contributed by atoms with Crippen LogP contribution < -0.4 is 4.74 Å². The predicted molar refractivity (Wildman–Crippen MR) is 107 cm³/mol. The first-order chi connectivity index (χ1) is 13.6. The first-order valence-corrected chi connectivity index (χ1v) is 9.74. The number of hydrogen-bond donors (Lipinski definition) is 1. The highest BCUT2D eigenvalue weighted by Crippen LogP contribution is 2.28. The van der Waals surface area contributed by atoms with Crippen LogP contribution in [0.1, 0.15) is 24.0 Å². The first kappa shape index (κ1) is 19.9. The molecule has 0 radical (unpaired) electrons. The maximum Gasteiger partial charge on any atom is 0.308 e. The summed E-state index contributed by atoms with van der Waals surface area (Å²) >= 11 is 0. The average molecular weight is 381 g/mol. The van der Waals surface area contributed by atoms with Crippen molar-refractivity contribution < 1.29 is 19.4 Å². The fourth-order valence-electron chi connectivity index (χ4n) is 3.87. The number of carboxylic acid groups (broad SMARTS) is 1. The third kappa shape index (κ3) is 5.12. The van der Waals surface area contributed by atoms with Gasteiger partial charge in [0.05, 0.1) is 13.0 Å². The van der Waals surface area contributed by atoms with Crippen molar-refractivity contribution in [2.75, 3.05) is 20.2 Å². The fraction of sp³-hybridized carbons (Fsp3) is 0.391. The maximum atomic E-state index is 12.6. The molecule has 5 heteroatoms. The van der Waals surface area contributed by atoms with Gasteiger partial charge in [0.15, 0.2) is 0 Å². The highest BCUT2D eigenvalue weighted by molar-refractivity contribution is 5.79. The van der Waals surface area contributed by atoms with Crippen LogP contribution in [0.5, 0.6) is 5.75 Å². The Morgan fingerprint density at radius 1 is 1.04 bits per heavy atom. The van der Waals surface area contributed by atoms with Gasteiger partial charge in [-0.15, -0.1) is 0 Å². The topological polar surface area (TPSA) is 66.8 Å². The highest BCUT2D eigenvalue weighted by atomic mass is 16.5. The summed E-state index contributed by atoms with van der Waals surface area (Å²) in [6.07, 6.45) is 2.70. The number of likely N-dealkylation sites (tertiary alicyclic amines) is 1. The number of methoxy groups -OCH3 is 1. The van der Waals surface area contributed by atoms with Gasteiger partial charge >= 0.3 is 5.97 Å². The lowest BCUT2D eigenvalue weighted by molar-refractivity contribution is -0.142. The molecule has 2 aromatic rings. The molecule has 0 aromatic heterocycles. The van der Waals surface area contributed by atoms with Gasteiger partial charge in [0, 0.05) is 19.5 Å². The molecule has 1 aliphatic heterocycles. The van der Waals surface area contributed by atoms with E-state index in [0.29, 0.717) is 25.9 Å². The summed E-state index contributed by atoms with van der Waals surface area (Å²) in [4.78, 5) is 26.0. The molecule has 0 unspecified atom stereocenters. The van der Waals surface area contributed by atoms with Crippen LogP contribution in [0.2, 0.25) is 0 Å². The normalized spacial score (nSPS) is 18.8. The standard InChI is InChI=1S/C23H27NO4/c1-28-20-12-10-17(11-13-20)8-5-9-22(25)24-15-19(21(16-24)23(26)27)14-18-6-3-2-4-7-18/h2-4,6-7,10-13,19,21H,5,8-9,14-16H2,1H3,(H,26,27)/t19-,21-/m1/s1. The molecule has 3 rings (SSSR count). The molecule has 5 nitrogen and oxygen atoms in total. The minimum Gasteiger partial charge on any atom is -0.497 e. The van der Waals surface area contributed by atoms with Crippen LogP contribution in [0.15, 0.2) is 54.6 Å². The summed E-state index contributed by atoms with van der Waals surface area (Å²) in [5, 5.41) is 9.58. The lowest BCUT2D eigenvalue weighted by Crippen LogP contribution is -2.29. The summed E-state index contributed by atoms with van der Waals surface area (Å²) in [5.74, 6) is -0.470. The molecular formula is C23H27NO4. The van der Waals surface area contributed by atoms with Crippen molar-refractivity contribution in [2.45, 2.75) is 25.7 Å². The van der Waals surface area contributed by atoms with Crippen molar-refractivity contribution in [3.63, 3.8) is 0 Å². The van der Waals surface area contributed by atoms with Gasteiger partial charge in [-0.2, -0.15) is 0 Å². The molecule has 0 bridgehead atoms. The molecule has 1 aliphatic rings. The van der Waals surface area contributed by atoms with Crippen LogP contribution in [-0.4, -0.2) is 42.1 Å². The summed E-state index contributed by atoms with van der Waals surface area (Å²) in [5.41, 5.74) is 2.29. The number of carbonyl (C=O) groups is 2. The number of ether oxygens (including phenoxy) is 1. The molecule has 1 amide bonds. The van der Waals surface area contributed by atoms with Gasteiger partial charge in [-0.3, -0.25) is 9.59 Å². The molecule has 1 saturated heterocycles. The Morgan fingerprint density at radius 3 is 2.39 bits per heavy atom. The molecular weight excluding hydrogens is 354 g/mol. The van der Waals surface area contributed by atoms with Crippen LogP contribution in [0.25, 0.3) is 0 Å². The third-order valence-corrected chi connectivity index (χ3v) is 5.47. The third-order valence-electron chi connectivity index (χ3n) is 5.47. The summed E-state index contributed by atoms with van der Waals surface area (Å²) in [6.45, 7) is 0.835. The van der Waals surface area contributed by atoms with Gasteiger partial charge in [0.25, 0.3) is 0 Å². The van der Waals surface area contributed by atoms with Crippen molar-refractivity contribution >= 4 is 11.9 Å². The van der Waals surface area contributed by atoms with E-state index < -0.39 is 11.9 Å². The Kier molecular flexibility index (Phi) is 6.69. The summed E-state index contributed by atoms with van der Waals surface area (Å²) in [7, 11) is 1.64. The van der Waals surface area contributed by atoms with Gasteiger partial charge < -0.3 is 14.7 Å². The second kappa shape index (κ2) is 9.40. The molecule has 0 spiro atoms. The quantitative estimate of drug-likeness (QED) is 0.761. The Morgan fingerprint density at radius 2 is 1.75 bits per heavy atom. The van der Waals surface area contributed by atoms with Gasteiger partial charge in [-0.1, -0.05) is 42.5 Å². The molecule has 0 saturated carbocycles. The molecule has 1 N–H and O–H groups in total. The zero-order chi connectivity index (χ0) is 19.9. The molecule has 28 heavy (non-hydrogen) atoms. The second-order valence-electron chi connectivity index (χ2n) is 7.39. The second-order valence-corrected chi connectivity index (χ2v) is 7.39. The lowest BCUT2D eigenvalue weighted by atomic mass is 9.90. The number of aryl methyl sites for hydroxylation is 1. The van der Waals surface area contributed by atoms with Crippen molar-refractivity contribution in [1.29, 1.82) is 0 Å². The SMILES string of the molecule is COc1ccc(CCCC(=O)N2C[C@@H](Cc3ccccc3)[C@H](C(=O)O)C2)cc1. The number of nitrogens with zero attached hydrogens (tertiary/aromatic N) is 1. The van der Waals surface area contributed by atoms with Crippen molar-refractivity contribution in [3.8, 4) is 5.75 Å². The first-order valence-electron chi connectivity index (χ1n) is 9.74. The fourth-order valence-corrected chi connectivity index (χ4v) is 3.87. The van der Waals surface area contributed by atoms with Crippen LogP contribution in [0.3, 0.4) is 0 Å². The maximum absolute atomic E-state index is 12.6. The van der Waals surface area contributed by atoms with Gasteiger partial charge in [-0.25, -0.2) is 0 Å². The Labute approximate surface area is 165 Å². The molecule has 1 heterocycles. The van der Waals surface area contributed by atoms with E-state index >= 15 is 0 Å². The van der Waals surface area contributed by atoms with E-state index in [1.165, 1.54) is 5.56 Å². The highest BCUT2D eigenvalue weighted by Gasteiger charge is 2.39. The van der Waals surface area contributed by atoms with E-state index in [1.54, 1.807) is 12.0 Å². The molecule has 0 aliphatic carbocycles. The van der Waals surface area contributed by atoms with E-state index in [-0.39, 0.29) is 11.8 Å². The minimum absolute atomic E-state index is 0.0366. The zero-order valence-corrected chi connectivity index (χ0v) is 16.2. The van der Waals surface area contributed by atoms with Crippen LogP contribution in [0, 0.1) is 11.8 Å². The summed E-state index contributed by atoms with van der Waals surface area (Å²) in [6, 6.07) is 17.8. The van der Waals surface area contributed by atoms with Crippen LogP contribution in [0.4, 0.5) is 0 Å². The number of rotatable bonds is 8. The number of carbonyl (C=O) groups excluding carboxylic acids is 1. The smallest absolute Gasteiger partial charge is 0.308 e. The van der Waals surface area contributed by atoms with E-state index in [0.717, 1.165) is 24.2 Å². The number of hydrogen-bond acceptors (Lipinski definition) is 3. The zero-order valence-electron chi connectivity index (χ0n) is 16.2. The van der Waals surface area contributed by atoms with Crippen molar-refractivity contribution in [2.24, 2.45) is 11.8 Å². The minimum atomic E-state index is -0.811. The van der Waals surface area contributed by atoms with Gasteiger partial charge in [-0.05, 0) is 48.4 Å². The van der Waals surface area contributed by atoms with E-state index in [9.17, 15) is 14.7 Å². The Bertz CT molecular complexity index is 788. The number of amides is 1. The van der Waals surface area contributed by atoms with Crippen molar-refractivity contribution in [3.05, 3.63) is 65.7 Å². The van der Waals surface area contributed by atoms with Crippen LogP contribution >= 0.6 is 0 Å². The average Bonchev–Trinajstić information content (AvgIpc) is 3.13. The molecule has 2 aromatic carbocycles. The van der Waals surface area contributed by atoms with Crippen molar-refractivity contribution in [1.82, 2.24) is 4.90 Å². The Balaban J connectivity index is 1.52. The van der Waals surface area contributed by atoms with Gasteiger partial charge in [0.1, 0.15) is 5.75 Å². The lowest BCUT2D eigenvalue weighted by Gasteiger charge is -2.16. The van der Waals surface area contributed by atoms with E-state index in [1.807, 2.05) is 54.6 Å². The monoisotopic (exact) mass is 381 g/mol. The van der Waals surface area contributed by atoms with Gasteiger partial charge in [0.2, 0.25) is 5.91 Å². The van der Waals surface area contributed by atoms with E-state index in [4.69, 9.17) is 4.74 Å². The van der Waals surface area contributed by atoms with E-state index in [2.05, 4.69) is 0 Å². The number of aliphatic carboxylic acids is 1. The Hall–Kier alpha value is -2.82. The molecule has 148 valence electrons. The van der Waals surface area contributed by atoms with Crippen LogP contribution in [-0.2, 0) is 22.4 Å². The number of carboxylic acids is 1. The summed E-state index contributed by atoms with van der Waals surface area (Å²) < 4.78 is 5.15. The predicted octanol–water partition coefficient (Wildman–Crippen LogP) is 3.42.